The van der Waals surface area contributed by atoms with Crippen LogP contribution in [-0.2, 0) is 6.18 Å². The van der Waals surface area contributed by atoms with Crippen LogP contribution in [0.25, 0.3) is 11.1 Å². The zero-order chi connectivity index (χ0) is 17.3. The number of hydrogen-bond acceptors (Lipinski definition) is 2. The van der Waals surface area contributed by atoms with Crippen LogP contribution in [0.1, 0.15) is 54.1 Å². The summed E-state index contributed by atoms with van der Waals surface area (Å²) in [6.45, 7) is 0. The van der Waals surface area contributed by atoms with Crippen LogP contribution >= 0.6 is 0 Å². The van der Waals surface area contributed by atoms with E-state index < -0.39 is 17.7 Å². The number of hydrogen-bond donors (Lipinski definition) is 1. The average molecular weight is 338 g/mol. The molecule has 0 unspecified atom stereocenters. The van der Waals surface area contributed by atoms with Gasteiger partial charge in [0, 0.05) is 11.8 Å². The van der Waals surface area contributed by atoms with Gasteiger partial charge in [-0.25, -0.2) is 4.79 Å². The van der Waals surface area contributed by atoms with E-state index in [1.165, 1.54) is 12.6 Å². The van der Waals surface area contributed by atoms with Crippen LogP contribution in [0, 0.1) is 0 Å². The third-order valence-corrected chi connectivity index (χ3v) is 4.43. The van der Waals surface area contributed by atoms with Crippen molar-refractivity contribution in [2.24, 2.45) is 0 Å². The van der Waals surface area contributed by atoms with Crippen molar-refractivity contribution in [3.05, 3.63) is 41.7 Å². The molecule has 1 N–H and O–H groups in total. The van der Waals surface area contributed by atoms with Gasteiger partial charge in [0.1, 0.15) is 0 Å². The summed E-state index contributed by atoms with van der Waals surface area (Å²) in [7, 11) is 0. The van der Waals surface area contributed by atoms with Gasteiger partial charge in [0.15, 0.2) is 0 Å². The molecule has 0 bridgehead atoms. The molecule has 0 atom stereocenters. The SMILES string of the molecule is O=C(O)c1ccc(C(F)(F)F)c(-c2cnn(C3CCCCC3)c2)c1. The molecular formula is C17H17F3N2O2. The van der Waals surface area contributed by atoms with Crippen molar-refractivity contribution in [3.63, 3.8) is 0 Å². The van der Waals surface area contributed by atoms with E-state index in [-0.39, 0.29) is 22.7 Å². The molecule has 0 amide bonds. The predicted octanol–water partition coefficient (Wildman–Crippen LogP) is 4.77. The van der Waals surface area contributed by atoms with Gasteiger partial charge in [-0.2, -0.15) is 18.3 Å². The molecule has 7 heteroatoms. The number of carboxylic acid groups (broad SMARTS) is 1. The van der Waals surface area contributed by atoms with E-state index in [9.17, 15) is 18.0 Å². The number of nitrogens with zero attached hydrogens (tertiary/aromatic N) is 2. The molecule has 1 aromatic carbocycles. The predicted molar refractivity (Wildman–Crippen MR) is 81.7 cm³/mol. The molecule has 3 rings (SSSR count). The average Bonchev–Trinajstić information content (AvgIpc) is 3.04. The molecular weight excluding hydrogens is 321 g/mol. The van der Waals surface area contributed by atoms with E-state index in [1.54, 1.807) is 10.9 Å². The van der Waals surface area contributed by atoms with Gasteiger partial charge in [0.2, 0.25) is 0 Å². The third-order valence-electron chi connectivity index (χ3n) is 4.43. The Morgan fingerprint density at radius 1 is 1.21 bits per heavy atom. The van der Waals surface area contributed by atoms with Crippen LogP contribution in [0.15, 0.2) is 30.6 Å². The number of aromatic carboxylic acids is 1. The van der Waals surface area contributed by atoms with Gasteiger partial charge in [-0.1, -0.05) is 19.3 Å². The lowest BCUT2D eigenvalue weighted by Crippen LogP contribution is -2.13. The summed E-state index contributed by atoms with van der Waals surface area (Å²) in [6.07, 6.45) is 3.68. The summed E-state index contributed by atoms with van der Waals surface area (Å²) in [5.41, 5.74) is -0.889. The van der Waals surface area contributed by atoms with Crippen LogP contribution in [-0.4, -0.2) is 20.9 Å². The smallest absolute Gasteiger partial charge is 0.417 e. The van der Waals surface area contributed by atoms with Crippen molar-refractivity contribution < 1.29 is 23.1 Å². The number of halogens is 3. The van der Waals surface area contributed by atoms with Gasteiger partial charge in [-0.15, -0.1) is 0 Å². The van der Waals surface area contributed by atoms with Gasteiger partial charge >= 0.3 is 12.1 Å². The minimum absolute atomic E-state index is 0.149. The van der Waals surface area contributed by atoms with E-state index in [0.717, 1.165) is 43.9 Å². The molecule has 1 saturated carbocycles. The standard InChI is InChI=1S/C17H17F3N2O2/c18-17(19,20)15-7-6-11(16(23)24)8-14(15)12-9-21-22(10-12)13-4-2-1-3-5-13/h6-10,13H,1-5H2,(H,23,24). The Morgan fingerprint density at radius 2 is 1.92 bits per heavy atom. The number of aromatic nitrogens is 2. The molecule has 0 spiro atoms. The normalized spacial score (nSPS) is 16.3. The van der Waals surface area contributed by atoms with E-state index in [1.807, 2.05) is 0 Å². The van der Waals surface area contributed by atoms with Crippen molar-refractivity contribution in [2.45, 2.75) is 44.3 Å². The highest BCUT2D eigenvalue weighted by Crippen LogP contribution is 2.38. The number of alkyl halides is 3. The molecule has 0 radical (unpaired) electrons. The van der Waals surface area contributed by atoms with Crippen molar-refractivity contribution in [1.29, 1.82) is 0 Å². The maximum absolute atomic E-state index is 13.3. The van der Waals surface area contributed by atoms with E-state index in [2.05, 4.69) is 5.10 Å². The van der Waals surface area contributed by atoms with Crippen LogP contribution < -0.4 is 0 Å². The van der Waals surface area contributed by atoms with Crippen LogP contribution in [0.3, 0.4) is 0 Å². The monoisotopic (exact) mass is 338 g/mol. The Kier molecular flexibility index (Phi) is 4.34. The Morgan fingerprint density at radius 3 is 2.54 bits per heavy atom. The first-order valence-corrected chi connectivity index (χ1v) is 7.85. The fourth-order valence-electron chi connectivity index (χ4n) is 3.19. The highest BCUT2D eigenvalue weighted by atomic mass is 19.4. The lowest BCUT2D eigenvalue weighted by Gasteiger charge is -2.21. The second kappa shape index (κ2) is 6.30. The molecule has 128 valence electrons. The van der Waals surface area contributed by atoms with Crippen molar-refractivity contribution in [3.8, 4) is 11.1 Å². The van der Waals surface area contributed by atoms with E-state index in [4.69, 9.17) is 5.11 Å². The van der Waals surface area contributed by atoms with Crippen molar-refractivity contribution in [2.75, 3.05) is 0 Å². The second-order valence-corrected chi connectivity index (χ2v) is 6.06. The van der Waals surface area contributed by atoms with E-state index >= 15 is 0 Å². The molecule has 0 aliphatic heterocycles. The number of carbonyl (C=O) groups is 1. The molecule has 24 heavy (non-hydrogen) atoms. The number of benzene rings is 1. The molecule has 1 aliphatic carbocycles. The van der Waals surface area contributed by atoms with Gasteiger partial charge in [-0.05, 0) is 36.6 Å². The Labute approximate surface area is 136 Å². The first kappa shape index (κ1) is 16.5. The van der Waals surface area contributed by atoms with Gasteiger partial charge < -0.3 is 5.11 Å². The topological polar surface area (TPSA) is 55.1 Å². The minimum Gasteiger partial charge on any atom is -0.478 e. The Balaban J connectivity index is 2.02. The largest absolute Gasteiger partial charge is 0.478 e. The Hall–Kier alpha value is -2.31. The molecule has 0 saturated heterocycles. The van der Waals surface area contributed by atoms with Gasteiger partial charge in [0.05, 0.1) is 23.4 Å². The Bertz CT molecular complexity index is 747. The summed E-state index contributed by atoms with van der Waals surface area (Å²) in [4.78, 5) is 11.1. The van der Waals surface area contributed by atoms with Crippen LogP contribution in [0.5, 0.6) is 0 Å². The summed E-state index contributed by atoms with van der Waals surface area (Å²) in [5.74, 6) is -1.26. The van der Waals surface area contributed by atoms with Gasteiger partial charge in [0.25, 0.3) is 0 Å². The second-order valence-electron chi connectivity index (χ2n) is 6.06. The van der Waals surface area contributed by atoms with E-state index in [0.29, 0.717) is 0 Å². The summed E-state index contributed by atoms with van der Waals surface area (Å²) < 4.78 is 41.5. The molecule has 1 heterocycles. The highest BCUT2D eigenvalue weighted by molar-refractivity contribution is 5.90. The summed E-state index contributed by atoms with van der Waals surface area (Å²) >= 11 is 0. The number of rotatable bonds is 3. The summed E-state index contributed by atoms with van der Waals surface area (Å²) in [5, 5.41) is 13.3. The lowest BCUT2D eigenvalue weighted by atomic mass is 9.95. The lowest BCUT2D eigenvalue weighted by molar-refractivity contribution is -0.137. The molecule has 1 fully saturated rings. The van der Waals surface area contributed by atoms with Crippen molar-refractivity contribution >= 4 is 5.97 Å². The first-order valence-electron chi connectivity index (χ1n) is 7.85. The number of carboxylic acids is 1. The maximum Gasteiger partial charge on any atom is 0.417 e. The quantitative estimate of drug-likeness (QED) is 0.877. The minimum atomic E-state index is -4.56. The zero-order valence-electron chi connectivity index (χ0n) is 12.9. The molecule has 1 aromatic heterocycles. The summed E-state index contributed by atoms with van der Waals surface area (Å²) in [6, 6.07) is 3.05. The fraction of sp³-hybridized carbons (Fsp3) is 0.412. The molecule has 4 nitrogen and oxygen atoms in total. The fourth-order valence-corrected chi connectivity index (χ4v) is 3.19. The molecule has 2 aromatic rings. The zero-order valence-corrected chi connectivity index (χ0v) is 12.9. The van der Waals surface area contributed by atoms with Crippen LogP contribution in [0.2, 0.25) is 0 Å². The highest BCUT2D eigenvalue weighted by Gasteiger charge is 2.34. The maximum atomic E-state index is 13.3. The van der Waals surface area contributed by atoms with Crippen molar-refractivity contribution in [1.82, 2.24) is 9.78 Å². The first-order chi connectivity index (χ1) is 11.4. The van der Waals surface area contributed by atoms with Crippen LogP contribution in [0.4, 0.5) is 13.2 Å². The third kappa shape index (κ3) is 3.29. The van der Waals surface area contributed by atoms with Gasteiger partial charge in [-0.3, -0.25) is 4.68 Å². The molecule has 1 aliphatic rings.